The molecule has 1 amide bonds. The molecule has 0 aromatic heterocycles. The Morgan fingerprint density at radius 3 is 2.32 bits per heavy atom. The van der Waals surface area contributed by atoms with Crippen molar-refractivity contribution in [3.05, 3.63) is 58.8 Å². The zero-order chi connectivity index (χ0) is 25.5. The van der Waals surface area contributed by atoms with Crippen LogP contribution in [-0.2, 0) is 17.6 Å². The van der Waals surface area contributed by atoms with Gasteiger partial charge in [-0.15, -0.1) is 0 Å². The lowest BCUT2D eigenvalue weighted by atomic mass is 10.00. The van der Waals surface area contributed by atoms with Gasteiger partial charge in [0, 0.05) is 25.2 Å². The second kappa shape index (κ2) is 12.4. The highest BCUT2D eigenvalue weighted by molar-refractivity contribution is 5.79. The number of aryl methyl sites for hydroxylation is 1. The van der Waals surface area contributed by atoms with Crippen LogP contribution in [0.1, 0.15) is 64.0 Å². The molecule has 0 bridgehead atoms. The Kier molecular flexibility index (Phi) is 10.1. The SMILES string of the molecule is C=C(CC(=O)N1CCN(C(CCC)C(F)(F)F)/C(=C/CCC)C1)Cc1cc(F)c(CC)cc1F. The molecule has 0 spiro atoms. The molecule has 2 rings (SSSR count). The van der Waals surface area contributed by atoms with Crippen LogP contribution in [0.4, 0.5) is 22.0 Å². The normalized spacial score (nSPS) is 16.8. The first-order valence-electron chi connectivity index (χ1n) is 11.9. The average Bonchev–Trinajstić information content (AvgIpc) is 2.77. The summed E-state index contributed by atoms with van der Waals surface area (Å²) in [6.07, 6.45) is -0.447. The third-order valence-electron chi connectivity index (χ3n) is 6.11. The molecule has 1 aliphatic rings. The summed E-state index contributed by atoms with van der Waals surface area (Å²) < 4.78 is 69.5. The van der Waals surface area contributed by atoms with Crippen LogP contribution in [-0.4, -0.2) is 47.6 Å². The summed E-state index contributed by atoms with van der Waals surface area (Å²) in [7, 11) is 0. The fraction of sp³-hybridized carbons (Fsp3) is 0.577. The highest BCUT2D eigenvalue weighted by Crippen LogP contribution is 2.32. The number of carbonyl (C=O) groups excluding carboxylic acids is 1. The predicted molar refractivity (Wildman–Crippen MR) is 124 cm³/mol. The number of hydrogen-bond acceptors (Lipinski definition) is 2. The van der Waals surface area contributed by atoms with Gasteiger partial charge in [0.25, 0.3) is 0 Å². The number of amides is 1. The van der Waals surface area contributed by atoms with Crippen molar-refractivity contribution in [2.75, 3.05) is 19.6 Å². The van der Waals surface area contributed by atoms with Crippen molar-refractivity contribution in [3.8, 4) is 0 Å². The molecule has 0 aliphatic carbocycles. The fourth-order valence-electron chi connectivity index (χ4n) is 4.26. The van der Waals surface area contributed by atoms with Crippen molar-refractivity contribution >= 4 is 5.91 Å². The van der Waals surface area contributed by atoms with E-state index in [1.54, 1.807) is 19.9 Å². The van der Waals surface area contributed by atoms with Gasteiger partial charge in [-0.05, 0) is 48.9 Å². The van der Waals surface area contributed by atoms with Crippen LogP contribution in [0.2, 0.25) is 0 Å². The number of halogens is 5. The Morgan fingerprint density at radius 1 is 1.09 bits per heavy atom. The molecule has 0 radical (unpaired) electrons. The predicted octanol–water partition coefficient (Wildman–Crippen LogP) is 6.58. The lowest BCUT2D eigenvalue weighted by molar-refractivity contribution is -0.183. The van der Waals surface area contributed by atoms with Gasteiger partial charge in [0.15, 0.2) is 0 Å². The van der Waals surface area contributed by atoms with E-state index in [1.165, 1.54) is 9.80 Å². The molecule has 34 heavy (non-hydrogen) atoms. The van der Waals surface area contributed by atoms with E-state index in [0.717, 1.165) is 18.6 Å². The van der Waals surface area contributed by atoms with E-state index >= 15 is 0 Å². The number of benzene rings is 1. The van der Waals surface area contributed by atoms with E-state index < -0.39 is 23.9 Å². The van der Waals surface area contributed by atoms with Gasteiger partial charge in [-0.1, -0.05) is 51.8 Å². The number of unbranched alkanes of at least 4 members (excludes halogenated alkanes) is 1. The summed E-state index contributed by atoms with van der Waals surface area (Å²) in [5, 5.41) is 0. The maximum Gasteiger partial charge on any atom is 0.408 e. The van der Waals surface area contributed by atoms with Crippen molar-refractivity contribution in [2.45, 2.75) is 77.9 Å². The maximum absolute atomic E-state index is 14.3. The first kappa shape index (κ1) is 27.9. The molecule has 3 nitrogen and oxygen atoms in total. The molecular formula is C26H35F5N2O. The number of rotatable bonds is 10. The minimum atomic E-state index is -4.35. The molecule has 1 saturated heterocycles. The molecule has 1 atom stereocenters. The van der Waals surface area contributed by atoms with E-state index in [0.29, 0.717) is 30.5 Å². The van der Waals surface area contributed by atoms with E-state index in [-0.39, 0.29) is 55.9 Å². The summed E-state index contributed by atoms with van der Waals surface area (Å²) in [5.41, 5.74) is 1.35. The monoisotopic (exact) mass is 486 g/mol. The Labute approximate surface area is 199 Å². The van der Waals surface area contributed by atoms with Crippen LogP contribution >= 0.6 is 0 Å². The number of carbonyl (C=O) groups is 1. The number of piperazine rings is 1. The first-order valence-corrected chi connectivity index (χ1v) is 11.9. The van der Waals surface area contributed by atoms with Crippen molar-refractivity contribution in [2.24, 2.45) is 0 Å². The molecule has 1 unspecified atom stereocenters. The number of alkyl halides is 3. The summed E-state index contributed by atoms with van der Waals surface area (Å²) in [5.74, 6) is -1.32. The molecule has 1 aromatic carbocycles. The largest absolute Gasteiger partial charge is 0.408 e. The minimum absolute atomic E-state index is 0.00331. The lowest BCUT2D eigenvalue weighted by Crippen LogP contribution is -2.54. The van der Waals surface area contributed by atoms with Crippen LogP contribution in [0.15, 0.2) is 36.1 Å². The zero-order valence-electron chi connectivity index (χ0n) is 20.3. The third-order valence-corrected chi connectivity index (χ3v) is 6.11. The summed E-state index contributed by atoms with van der Waals surface area (Å²) in [6, 6.07) is 0.730. The Bertz CT molecular complexity index is 894. The molecule has 1 aliphatic heterocycles. The second-order valence-electron chi connectivity index (χ2n) is 8.83. The third kappa shape index (κ3) is 7.31. The molecule has 0 N–H and O–H groups in total. The quantitative estimate of drug-likeness (QED) is 0.276. The van der Waals surface area contributed by atoms with Crippen molar-refractivity contribution in [1.29, 1.82) is 0 Å². The highest BCUT2D eigenvalue weighted by atomic mass is 19.4. The molecular weight excluding hydrogens is 451 g/mol. The molecule has 1 fully saturated rings. The second-order valence-corrected chi connectivity index (χ2v) is 8.83. The van der Waals surface area contributed by atoms with Gasteiger partial charge in [0.2, 0.25) is 5.91 Å². The molecule has 1 aromatic rings. The molecule has 1 heterocycles. The van der Waals surface area contributed by atoms with Crippen molar-refractivity contribution < 1.29 is 26.7 Å². The van der Waals surface area contributed by atoms with E-state index in [9.17, 15) is 26.7 Å². The molecule has 8 heteroatoms. The topological polar surface area (TPSA) is 23.6 Å². The van der Waals surface area contributed by atoms with Gasteiger partial charge in [-0.25, -0.2) is 8.78 Å². The minimum Gasteiger partial charge on any atom is -0.360 e. The fourth-order valence-corrected chi connectivity index (χ4v) is 4.26. The van der Waals surface area contributed by atoms with Gasteiger partial charge >= 0.3 is 6.18 Å². The van der Waals surface area contributed by atoms with E-state index in [2.05, 4.69) is 6.58 Å². The Morgan fingerprint density at radius 2 is 1.74 bits per heavy atom. The highest BCUT2D eigenvalue weighted by Gasteiger charge is 2.44. The van der Waals surface area contributed by atoms with Crippen LogP contribution < -0.4 is 0 Å². The zero-order valence-corrected chi connectivity index (χ0v) is 20.3. The Balaban J connectivity index is 2.10. The van der Waals surface area contributed by atoms with Crippen molar-refractivity contribution in [1.82, 2.24) is 9.80 Å². The first-order chi connectivity index (χ1) is 16.0. The maximum atomic E-state index is 14.3. The number of allylic oxidation sites excluding steroid dienone is 1. The van der Waals surface area contributed by atoms with Gasteiger partial charge in [0.05, 0.1) is 6.54 Å². The molecule has 190 valence electrons. The van der Waals surface area contributed by atoms with Crippen molar-refractivity contribution in [3.63, 3.8) is 0 Å². The van der Waals surface area contributed by atoms with E-state index in [1.807, 2.05) is 6.92 Å². The van der Waals surface area contributed by atoms with E-state index in [4.69, 9.17) is 0 Å². The number of hydrogen-bond donors (Lipinski definition) is 0. The van der Waals surface area contributed by atoms with Gasteiger partial charge < -0.3 is 9.80 Å². The standard InChI is InChI=1S/C26H35F5N2O/c1-5-8-10-21-17-32(11-12-33(21)24(9-6-2)26(29,30)31)25(34)14-18(4)13-20-16-22(27)19(7-3)15-23(20)28/h10,15-16,24H,4-9,11-14,17H2,1-3H3/b21-10+. The Hall–Kier alpha value is -2.38. The average molecular weight is 487 g/mol. The van der Waals surface area contributed by atoms with Crippen LogP contribution in [0.25, 0.3) is 0 Å². The summed E-state index contributed by atoms with van der Waals surface area (Å²) in [4.78, 5) is 15.8. The molecule has 0 saturated carbocycles. The summed E-state index contributed by atoms with van der Waals surface area (Å²) in [6.45, 7) is 9.61. The summed E-state index contributed by atoms with van der Waals surface area (Å²) >= 11 is 0. The van der Waals surface area contributed by atoms with Crippen LogP contribution in [0.3, 0.4) is 0 Å². The lowest BCUT2D eigenvalue weighted by Gasteiger charge is -2.43. The van der Waals surface area contributed by atoms with Gasteiger partial charge in [-0.2, -0.15) is 13.2 Å². The van der Waals surface area contributed by atoms with Crippen LogP contribution in [0, 0.1) is 11.6 Å². The van der Waals surface area contributed by atoms with Gasteiger partial charge in [0.1, 0.15) is 17.7 Å². The van der Waals surface area contributed by atoms with Gasteiger partial charge in [-0.3, -0.25) is 4.79 Å². The smallest absolute Gasteiger partial charge is 0.360 e. The number of nitrogens with zero attached hydrogens (tertiary/aromatic N) is 2. The van der Waals surface area contributed by atoms with Crippen LogP contribution in [0.5, 0.6) is 0 Å².